The summed E-state index contributed by atoms with van der Waals surface area (Å²) in [7, 11) is 1.40. The van der Waals surface area contributed by atoms with Crippen molar-refractivity contribution in [1.29, 1.82) is 0 Å². The van der Waals surface area contributed by atoms with Gasteiger partial charge in [-0.3, -0.25) is 4.79 Å². The fraction of sp³-hybridized carbons (Fsp3) is 0.192. The number of rotatable bonds is 5. The van der Waals surface area contributed by atoms with Crippen LogP contribution in [0.25, 0.3) is 0 Å². The van der Waals surface area contributed by atoms with Gasteiger partial charge < -0.3 is 14.2 Å². The van der Waals surface area contributed by atoms with Gasteiger partial charge in [-0.2, -0.15) is 0 Å². The summed E-state index contributed by atoms with van der Waals surface area (Å²) >= 11 is 0. The largest absolute Gasteiger partial charge is 0.492 e. The number of fused-ring (bicyclic) bond motifs is 1. The number of esters is 1. The third kappa shape index (κ3) is 4.82. The normalized spacial score (nSPS) is 14.1. The number of hydrogen-bond acceptors (Lipinski definition) is 4. The van der Waals surface area contributed by atoms with Crippen LogP contribution in [0, 0.1) is 11.8 Å². The number of ether oxygens (including phenoxy) is 3. The highest BCUT2D eigenvalue weighted by molar-refractivity contribution is 5.71. The molecule has 150 valence electrons. The summed E-state index contributed by atoms with van der Waals surface area (Å²) in [5, 5.41) is 0. The Kier molecular flexibility index (Phi) is 6.01. The average molecular weight is 398 g/mol. The Morgan fingerprint density at radius 2 is 1.80 bits per heavy atom. The van der Waals surface area contributed by atoms with E-state index in [1.165, 1.54) is 7.11 Å². The number of hydrogen-bond donors (Lipinski definition) is 0. The van der Waals surface area contributed by atoms with Crippen LogP contribution in [0.3, 0.4) is 0 Å². The van der Waals surface area contributed by atoms with Gasteiger partial charge in [-0.05, 0) is 35.9 Å². The Morgan fingerprint density at radius 3 is 2.63 bits per heavy atom. The smallest absolute Gasteiger partial charge is 0.306 e. The van der Waals surface area contributed by atoms with Crippen LogP contribution >= 0.6 is 0 Å². The Bertz CT molecular complexity index is 1090. The third-order valence-electron chi connectivity index (χ3n) is 4.96. The first-order chi connectivity index (χ1) is 14.7. The molecule has 0 radical (unpaired) electrons. The van der Waals surface area contributed by atoms with E-state index in [2.05, 4.69) is 11.8 Å². The molecular weight excluding hydrogens is 376 g/mol. The van der Waals surface area contributed by atoms with E-state index in [1.54, 1.807) is 0 Å². The van der Waals surface area contributed by atoms with Gasteiger partial charge in [0.25, 0.3) is 0 Å². The van der Waals surface area contributed by atoms with Gasteiger partial charge in [0.15, 0.2) is 0 Å². The van der Waals surface area contributed by atoms with Gasteiger partial charge in [0.05, 0.1) is 20.1 Å². The van der Waals surface area contributed by atoms with Crippen LogP contribution in [-0.2, 0) is 16.1 Å². The van der Waals surface area contributed by atoms with Crippen LogP contribution in [-0.4, -0.2) is 19.7 Å². The molecule has 0 aliphatic carbocycles. The zero-order valence-electron chi connectivity index (χ0n) is 16.8. The van der Waals surface area contributed by atoms with Crippen molar-refractivity contribution in [2.75, 3.05) is 13.7 Å². The Labute approximate surface area is 176 Å². The number of carbonyl (C=O) groups excluding carboxylic acids is 1. The summed E-state index contributed by atoms with van der Waals surface area (Å²) in [6, 6.07) is 23.7. The fourth-order valence-corrected chi connectivity index (χ4v) is 3.37. The molecule has 0 saturated carbocycles. The second-order valence-corrected chi connectivity index (χ2v) is 7.09. The van der Waals surface area contributed by atoms with Crippen molar-refractivity contribution in [3.8, 4) is 23.3 Å². The van der Waals surface area contributed by atoms with E-state index in [-0.39, 0.29) is 11.9 Å². The van der Waals surface area contributed by atoms with E-state index in [1.807, 2.05) is 72.8 Å². The average Bonchev–Trinajstić information content (AvgIpc) is 3.19. The highest BCUT2D eigenvalue weighted by atomic mass is 16.5. The highest BCUT2D eigenvalue weighted by Crippen LogP contribution is 2.38. The molecule has 0 spiro atoms. The minimum absolute atomic E-state index is 0.0290. The van der Waals surface area contributed by atoms with Crippen LogP contribution < -0.4 is 9.47 Å². The summed E-state index contributed by atoms with van der Waals surface area (Å²) < 4.78 is 16.5. The first-order valence-electron chi connectivity index (χ1n) is 9.83. The molecular formula is C26H22O4. The Balaban J connectivity index is 1.40. The van der Waals surface area contributed by atoms with Crippen LogP contribution in [0.1, 0.15) is 34.6 Å². The number of benzene rings is 3. The lowest BCUT2D eigenvalue weighted by molar-refractivity contribution is -0.141. The van der Waals surface area contributed by atoms with Crippen molar-refractivity contribution >= 4 is 5.97 Å². The summed E-state index contributed by atoms with van der Waals surface area (Å²) in [6.07, 6.45) is 0.320. The van der Waals surface area contributed by atoms with Crippen molar-refractivity contribution in [3.63, 3.8) is 0 Å². The van der Waals surface area contributed by atoms with Crippen LogP contribution in [0.2, 0.25) is 0 Å². The molecule has 1 aliphatic heterocycles. The van der Waals surface area contributed by atoms with Gasteiger partial charge in [0.1, 0.15) is 18.1 Å². The number of methoxy groups -OCH3 is 1. The maximum Gasteiger partial charge on any atom is 0.306 e. The SMILES string of the molecule is COC(=O)CC1COc2cc(OCc3cccc(C#Cc4ccccc4)c3)ccc21. The van der Waals surface area contributed by atoms with Crippen molar-refractivity contribution in [1.82, 2.24) is 0 Å². The van der Waals surface area contributed by atoms with E-state index < -0.39 is 0 Å². The lowest BCUT2D eigenvalue weighted by atomic mass is 9.98. The Morgan fingerprint density at radius 1 is 1.00 bits per heavy atom. The zero-order valence-corrected chi connectivity index (χ0v) is 16.8. The molecule has 1 unspecified atom stereocenters. The minimum atomic E-state index is -0.230. The Hall–Kier alpha value is -3.71. The quantitative estimate of drug-likeness (QED) is 0.461. The highest BCUT2D eigenvalue weighted by Gasteiger charge is 2.27. The van der Waals surface area contributed by atoms with Gasteiger partial charge in [-0.25, -0.2) is 0 Å². The fourth-order valence-electron chi connectivity index (χ4n) is 3.37. The van der Waals surface area contributed by atoms with Gasteiger partial charge in [-0.1, -0.05) is 48.2 Å². The molecule has 1 heterocycles. The second-order valence-electron chi connectivity index (χ2n) is 7.09. The van der Waals surface area contributed by atoms with E-state index in [4.69, 9.17) is 14.2 Å². The predicted molar refractivity (Wildman–Crippen MR) is 115 cm³/mol. The lowest BCUT2D eigenvalue weighted by Gasteiger charge is -2.09. The topological polar surface area (TPSA) is 44.8 Å². The van der Waals surface area contributed by atoms with Crippen LogP contribution in [0.5, 0.6) is 11.5 Å². The maximum absolute atomic E-state index is 11.5. The predicted octanol–water partition coefficient (Wildman–Crippen LogP) is 4.70. The molecule has 30 heavy (non-hydrogen) atoms. The lowest BCUT2D eigenvalue weighted by Crippen LogP contribution is -2.09. The summed E-state index contributed by atoms with van der Waals surface area (Å²) in [5.74, 6) is 7.66. The molecule has 0 fully saturated rings. The molecule has 0 bridgehead atoms. The first-order valence-corrected chi connectivity index (χ1v) is 9.83. The molecule has 1 atom stereocenters. The molecule has 4 nitrogen and oxygen atoms in total. The molecule has 3 aromatic carbocycles. The van der Waals surface area contributed by atoms with Crippen LogP contribution in [0.4, 0.5) is 0 Å². The first kappa shape index (κ1) is 19.6. The molecule has 4 heteroatoms. The second kappa shape index (κ2) is 9.19. The molecule has 4 rings (SSSR count). The molecule has 0 N–H and O–H groups in total. The summed E-state index contributed by atoms with van der Waals surface area (Å²) in [4.78, 5) is 11.5. The number of carbonyl (C=O) groups is 1. The summed E-state index contributed by atoms with van der Waals surface area (Å²) in [5.41, 5.74) is 4.00. The molecule has 0 aromatic heterocycles. The zero-order chi connectivity index (χ0) is 20.8. The third-order valence-corrected chi connectivity index (χ3v) is 4.96. The molecule has 0 saturated heterocycles. The molecule has 1 aliphatic rings. The van der Waals surface area contributed by atoms with Crippen molar-refractivity contribution in [2.24, 2.45) is 0 Å². The summed E-state index contributed by atoms with van der Waals surface area (Å²) in [6.45, 7) is 0.918. The molecule has 0 amide bonds. The van der Waals surface area contributed by atoms with E-state index >= 15 is 0 Å². The maximum atomic E-state index is 11.5. The van der Waals surface area contributed by atoms with E-state index in [0.717, 1.165) is 33.8 Å². The van der Waals surface area contributed by atoms with Crippen molar-refractivity contribution < 1.29 is 19.0 Å². The van der Waals surface area contributed by atoms with E-state index in [0.29, 0.717) is 19.6 Å². The van der Waals surface area contributed by atoms with Gasteiger partial charge in [0.2, 0.25) is 0 Å². The monoisotopic (exact) mass is 398 g/mol. The molecule has 3 aromatic rings. The minimum Gasteiger partial charge on any atom is -0.492 e. The van der Waals surface area contributed by atoms with Gasteiger partial charge in [0, 0.05) is 28.7 Å². The van der Waals surface area contributed by atoms with Crippen molar-refractivity contribution in [3.05, 3.63) is 95.1 Å². The van der Waals surface area contributed by atoms with Crippen molar-refractivity contribution in [2.45, 2.75) is 18.9 Å². The standard InChI is InChI=1S/C26H22O4/c1-28-26(27)15-22-18-30-25-16-23(12-13-24(22)25)29-17-21-9-5-8-20(14-21)11-10-19-6-3-2-4-7-19/h2-9,12-14,16,22H,15,17-18H2,1H3. The van der Waals surface area contributed by atoms with Crippen LogP contribution in [0.15, 0.2) is 72.8 Å². The van der Waals surface area contributed by atoms with E-state index in [9.17, 15) is 4.79 Å². The van der Waals surface area contributed by atoms with Gasteiger partial charge >= 0.3 is 5.97 Å². The van der Waals surface area contributed by atoms with Gasteiger partial charge in [-0.15, -0.1) is 0 Å².